The van der Waals surface area contributed by atoms with Crippen molar-refractivity contribution in [1.82, 2.24) is 24.9 Å². The van der Waals surface area contributed by atoms with Crippen LogP contribution in [0, 0.1) is 0 Å². The third-order valence-electron chi connectivity index (χ3n) is 9.72. The van der Waals surface area contributed by atoms with Crippen molar-refractivity contribution in [3.8, 4) is 45.6 Å². The van der Waals surface area contributed by atoms with Gasteiger partial charge in [0.05, 0.1) is 21.5 Å². The summed E-state index contributed by atoms with van der Waals surface area (Å²) in [5.74, 6) is 2.01. The molecule has 0 amide bonds. The van der Waals surface area contributed by atoms with Crippen molar-refractivity contribution in [2.24, 2.45) is 0 Å². The Hall–Kier alpha value is -6.10. The van der Waals surface area contributed by atoms with Gasteiger partial charge in [0.15, 0.2) is 23.3 Å². The van der Waals surface area contributed by atoms with Gasteiger partial charge in [-0.3, -0.25) is 0 Å². The molecule has 54 heavy (non-hydrogen) atoms. The van der Waals surface area contributed by atoms with Crippen LogP contribution in [0.1, 0.15) is 18.0 Å². The Bertz CT molecular complexity index is 2910. The minimum Gasteiger partial charge on any atom is -0.231 e. The molecule has 0 fully saturated rings. The molecule has 0 spiro atoms. The smallest absolute Gasteiger partial charge is 0.231 e. The largest absolute Gasteiger partial charge is 0.416 e. The quantitative estimate of drug-likeness (QED) is 0.175. The summed E-state index contributed by atoms with van der Waals surface area (Å²) in [5, 5.41) is 3.11. The summed E-state index contributed by atoms with van der Waals surface area (Å²) < 4.78 is 44.6. The van der Waals surface area contributed by atoms with E-state index < -0.39 is 11.7 Å². The molecule has 0 bridgehead atoms. The van der Waals surface area contributed by atoms with Gasteiger partial charge in [-0.2, -0.15) is 13.2 Å². The van der Waals surface area contributed by atoms with Crippen molar-refractivity contribution in [3.05, 3.63) is 151 Å². The topological polar surface area (TPSA) is 64.5 Å². The van der Waals surface area contributed by atoms with E-state index in [0.29, 0.717) is 23.3 Å². The molecule has 9 aromatic rings. The van der Waals surface area contributed by atoms with Crippen molar-refractivity contribution < 1.29 is 13.2 Å². The highest BCUT2D eigenvalue weighted by atomic mass is 32.1. The van der Waals surface area contributed by atoms with Gasteiger partial charge in [-0.15, -0.1) is 22.7 Å². The molecule has 0 N–H and O–H groups in total. The van der Waals surface area contributed by atoms with E-state index in [1.54, 1.807) is 28.7 Å². The van der Waals surface area contributed by atoms with Gasteiger partial charge in [0.2, 0.25) is 0 Å². The van der Waals surface area contributed by atoms with E-state index in [-0.39, 0.29) is 12.3 Å². The number of hydrogen-bond donors (Lipinski definition) is 0. The maximum atomic E-state index is 13.5. The molecule has 0 aliphatic heterocycles. The fourth-order valence-electron chi connectivity index (χ4n) is 7.11. The second-order valence-electron chi connectivity index (χ2n) is 13.1. The molecule has 0 saturated carbocycles. The van der Waals surface area contributed by atoms with Crippen LogP contribution in [0.5, 0.6) is 0 Å². The molecular weight excluding hydrogens is 720 g/mol. The maximum Gasteiger partial charge on any atom is 0.416 e. The van der Waals surface area contributed by atoms with E-state index in [2.05, 4.69) is 24.3 Å². The second-order valence-corrected chi connectivity index (χ2v) is 15.2. The first-order chi connectivity index (χ1) is 26.4. The molecule has 4 heterocycles. The Morgan fingerprint density at radius 2 is 1.22 bits per heavy atom. The summed E-state index contributed by atoms with van der Waals surface area (Å²) in [4.78, 5) is 25.1. The molecule has 5 aromatic carbocycles. The number of allylic oxidation sites excluding steroid dienone is 4. The molecule has 1 atom stereocenters. The van der Waals surface area contributed by atoms with Crippen LogP contribution in [-0.2, 0) is 0 Å². The van der Waals surface area contributed by atoms with Gasteiger partial charge in [0, 0.05) is 58.4 Å². The number of nitrogens with zero attached hydrogens (tertiary/aromatic N) is 5. The van der Waals surface area contributed by atoms with Gasteiger partial charge >= 0.3 is 6.18 Å². The first-order valence-corrected chi connectivity index (χ1v) is 19.0. The summed E-state index contributed by atoms with van der Waals surface area (Å²) in [6, 6.07) is 40.3. The zero-order valence-electron chi connectivity index (χ0n) is 28.2. The Balaban J connectivity index is 1.12. The number of thiophene rings is 2. The van der Waals surface area contributed by atoms with E-state index in [0.717, 1.165) is 68.4 Å². The molecule has 10 heteroatoms. The van der Waals surface area contributed by atoms with E-state index in [1.165, 1.54) is 12.2 Å². The standard InChI is InChI=1S/C44H26F3N5S2/c45-44(46,47)29-21-18-25(19-22-29)37-39-38(31-14-7-8-16-33(31)54-39)49-42(48-37)28-20-23-30-35(24-28)53-34-17-9-15-32(36(30)34)43-51-40(26-10-3-1-4-11-26)50-41(52-43)27-12-5-2-6-13-27/h1-18,20-25H,19H2. The molecule has 0 radical (unpaired) electrons. The molecule has 260 valence electrons. The fourth-order valence-corrected chi connectivity index (χ4v) is 9.47. The number of alkyl halides is 3. The molecular formula is C44H26F3N5S2. The van der Waals surface area contributed by atoms with Crippen molar-refractivity contribution in [1.29, 1.82) is 0 Å². The van der Waals surface area contributed by atoms with Crippen molar-refractivity contribution >= 4 is 63.1 Å². The Morgan fingerprint density at radius 3 is 1.93 bits per heavy atom. The average Bonchev–Trinajstić information content (AvgIpc) is 3.79. The van der Waals surface area contributed by atoms with Crippen LogP contribution in [-0.4, -0.2) is 31.1 Å². The van der Waals surface area contributed by atoms with E-state index in [1.807, 2.05) is 97.1 Å². The summed E-state index contributed by atoms with van der Waals surface area (Å²) in [6.07, 6.45) is -0.108. The SMILES string of the molecule is FC(F)(F)C1=CCC(c2nc(-c3ccc4c(c3)sc3cccc(-c5nc(-c6ccccc6)nc(-c6ccccc6)n5)c34)nc3c2sc2ccccc23)C=C1. The third-order valence-corrected chi connectivity index (χ3v) is 12.0. The first-order valence-electron chi connectivity index (χ1n) is 17.3. The van der Waals surface area contributed by atoms with Crippen LogP contribution in [0.3, 0.4) is 0 Å². The third kappa shape index (κ3) is 5.66. The van der Waals surface area contributed by atoms with Gasteiger partial charge < -0.3 is 0 Å². The monoisotopic (exact) mass is 745 g/mol. The lowest BCUT2D eigenvalue weighted by molar-refractivity contribution is -0.0886. The summed E-state index contributed by atoms with van der Waals surface area (Å²) in [5.41, 5.74) is 4.47. The lowest BCUT2D eigenvalue weighted by Gasteiger charge is -2.18. The zero-order valence-corrected chi connectivity index (χ0v) is 29.9. The van der Waals surface area contributed by atoms with Gasteiger partial charge in [0.25, 0.3) is 0 Å². The number of rotatable bonds is 5. The van der Waals surface area contributed by atoms with Crippen LogP contribution in [0.25, 0.3) is 86.0 Å². The van der Waals surface area contributed by atoms with Crippen LogP contribution in [0.15, 0.2) is 145 Å². The summed E-state index contributed by atoms with van der Waals surface area (Å²) in [7, 11) is 0. The first kappa shape index (κ1) is 32.5. The molecule has 1 aliphatic rings. The maximum absolute atomic E-state index is 13.5. The number of aromatic nitrogens is 5. The average molecular weight is 746 g/mol. The Morgan fingerprint density at radius 1 is 0.556 bits per heavy atom. The molecule has 4 aromatic heterocycles. The zero-order chi connectivity index (χ0) is 36.4. The van der Waals surface area contributed by atoms with Crippen LogP contribution in [0.2, 0.25) is 0 Å². The normalized spacial score (nSPS) is 14.7. The van der Waals surface area contributed by atoms with Crippen molar-refractivity contribution in [3.63, 3.8) is 0 Å². The molecule has 1 aliphatic carbocycles. The van der Waals surface area contributed by atoms with Crippen LogP contribution in [0.4, 0.5) is 13.2 Å². The van der Waals surface area contributed by atoms with E-state index in [9.17, 15) is 13.2 Å². The number of fused-ring (bicyclic) bond motifs is 6. The minimum atomic E-state index is -4.39. The van der Waals surface area contributed by atoms with E-state index >= 15 is 0 Å². The number of halogens is 3. The lowest BCUT2D eigenvalue weighted by atomic mass is 9.93. The summed E-state index contributed by atoms with van der Waals surface area (Å²) in [6.45, 7) is 0. The summed E-state index contributed by atoms with van der Waals surface area (Å²) >= 11 is 3.25. The van der Waals surface area contributed by atoms with Crippen molar-refractivity contribution in [2.45, 2.75) is 18.5 Å². The fraction of sp³-hybridized carbons (Fsp3) is 0.0682. The van der Waals surface area contributed by atoms with Crippen LogP contribution < -0.4 is 0 Å². The predicted molar refractivity (Wildman–Crippen MR) is 214 cm³/mol. The highest BCUT2D eigenvalue weighted by Gasteiger charge is 2.34. The minimum absolute atomic E-state index is 0.207. The van der Waals surface area contributed by atoms with Gasteiger partial charge in [-0.1, -0.05) is 121 Å². The predicted octanol–water partition coefficient (Wildman–Crippen LogP) is 12.6. The van der Waals surface area contributed by atoms with Crippen LogP contribution >= 0.6 is 22.7 Å². The Kier molecular flexibility index (Phi) is 7.71. The van der Waals surface area contributed by atoms with Gasteiger partial charge in [-0.25, -0.2) is 24.9 Å². The highest BCUT2D eigenvalue weighted by Crippen LogP contribution is 2.44. The second kappa shape index (κ2) is 12.8. The molecule has 10 rings (SSSR count). The van der Waals surface area contributed by atoms with Gasteiger partial charge in [-0.05, 0) is 24.6 Å². The van der Waals surface area contributed by atoms with Gasteiger partial charge in [0.1, 0.15) is 0 Å². The van der Waals surface area contributed by atoms with Crippen molar-refractivity contribution in [2.75, 3.05) is 0 Å². The van der Waals surface area contributed by atoms with E-state index in [4.69, 9.17) is 24.9 Å². The Labute approximate surface area is 314 Å². The number of benzene rings is 5. The molecule has 0 saturated heterocycles. The number of hydrogen-bond acceptors (Lipinski definition) is 7. The molecule has 5 nitrogen and oxygen atoms in total. The lowest BCUT2D eigenvalue weighted by Crippen LogP contribution is -2.13. The highest BCUT2D eigenvalue weighted by molar-refractivity contribution is 7.26. The molecule has 1 unspecified atom stereocenters.